The second-order valence-electron chi connectivity index (χ2n) is 6.79. The summed E-state index contributed by atoms with van der Waals surface area (Å²) < 4.78 is 4.82. The number of methoxy groups -OCH3 is 1. The van der Waals surface area contributed by atoms with Crippen molar-refractivity contribution in [2.45, 2.75) is 36.6 Å². The number of hydrogen-bond acceptors (Lipinski definition) is 5. The number of aryl methyl sites for hydroxylation is 2. The number of hydrogen-bond donors (Lipinski definition) is 0. The molecule has 1 aliphatic heterocycles. The molecule has 6 heteroatoms. The monoisotopic (exact) mass is 384 g/mol. The minimum Gasteiger partial charge on any atom is -0.469 e. The Balaban J connectivity index is 1.74. The van der Waals surface area contributed by atoms with Crippen LogP contribution < -0.4 is 0 Å². The average molecular weight is 385 g/mol. The molecule has 27 heavy (non-hydrogen) atoms. The number of benzene rings is 1. The first-order chi connectivity index (χ1) is 13.0. The molecule has 0 unspecified atom stereocenters. The van der Waals surface area contributed by atoms with E-state index >= 15 is 0 Å². The zero-order valence-corrected chi connectivity index (χ0v) is 16.7. The van der Waals surface area contributed by atoms with Crippen molar-refractivity contribution < 1.29 is 14.3 Å². The van der Waals surface area contributed by atoms with E-state index in [-0.39, 0.29) is 17.8 Å². The fraction of sp³-hybridized carbons (Fsp3) is 0.381. The lowest BCUT2D eigenvalue weighted by Gasteiger charge is -2.31. The molecule has 0 aliphatic carbocycles. The fourth-order valence-electron chi connectivity index (χ4n) is 3.18. The van der Waals surface area contributed by atoms with Crippen LogP contribution in [-0.4, -0.2) is 42.0 Å². The summed E-state index contributed by atoms with van der Waals surface area (Å²) in [6, 6.07) is 9.87. The number of pyridine rings is 1. The molecule has 0 atom stereocenters. The topological polar surface area (TPSA) is 59.5 Å². The lowest BCUT2D eigenvalue weighted by Crippen LogP contribution is -2.40. The van der Waals surface area contributed by atoms with Gasteiger partial charge in [0.15, 0.2) is 0 Å². The van der Waals surface area contributed by atoms with Gasteiger partial charge in [-0.3, -0.25) is 9.59 Å². The van der Waals surface area contributed by atoms with Gasteiger partial charge >= 0.3 is 5.97 Å². The van der Waals surface area contributed by atoms with Gasteiger partial charge in [-0.25, -0.2) is 4.98 Å². The molecule has 0 bridgehead atoms. The number of carbonyl (C=O) groups excluding carboxylic acids is 2. The zero-order valence-electron chi connectivity index (χ0n) is 15.9. The molecule has 1 aromatic carbocycles. The van der Waals surface area contributed by atoms with Crippen LogP contribution in [0.4, 0.5) is 0 Å². The van der Waals surface area contributed by atoms with E-state index in [4.69, 9.17) is 4.74 Å². The van der Waals surface area contributed by atoms with Crippen molar-refractivity contribution in [2.75, 3.05) is 20.2 Å². The number of piperidine rings is 1. The maximum atomic E-state index is 13.0. The Hall–Kier alpha value is -2.34. The van der Waals surface area contributed by atoms with Crippen LogP contribution >= 0.6 is 11.8 Å². The average Bonchev–Trinajstić information content (AvgIpc) is 2.70. The molecule has 0 spiro atoms. The van der Waals surface area contributed by atoms with Crippen LogP contribution in [0.5, 0.6) is 0 Å². The number of amides is 1. The van der Waals surface area contributed by atoms with E-state index in [9.17, 15) is 9.59 Å². The van der Waals surface area contributed by atoms with Gasteiger partial charge in [0.25, 0.3) is 5.91 Å². The predicted molar refractivity (Wildman–Crippen MR) is 105 cm³/mol. The van der Waals surface area contributed by atoms with E-state index < -0.39 is 0 Å². The first-order valence-electron chi connectivity index (χ1n) is 9.07. The Morgan fingerprint density at radius 1 is 1.15 bits per heavy atom. The lowest BCUT2D eigenvalue weighted by atomic mass is 9.96. The smallest absolute Gasteiger partial charge is 0.308 e. The highest BCUT2D eigenvalue weighted by Gasteiger charge is 2.29. The number of rotatable bonds is 4. The molecule has 1 aliphatic rings. The van der Waals surface area contributed by atoms with E-state index in [1.807, 2.05) is 6.07 Å². The van der Waals surface area contributed by atoms with Crippen LogP contribution in [0, 0.1) is 19.8 Å². The molecular weight excluding hydrogens is 360 g/mol. The SMILES string of the molecule is COC(=O)C1CCN(C(=O)c2cccnc2Sc2ccc(C)c(C)c2)CC1. The summed E-state index contributed by atoms with van der Waals surface area (Å²) in [5.74, 6) is -0.329. The Morgan fingerprint density at radius 3 is 2.56 bits per heavy atom. The van der Waals surface area contributed by atoms with Crippen LogP contribution in [0.15, 0.2) is 46.5 Å². The molecule has 1 fully saturated rings. The van der Waals surface area contributed by atoms with Gasteiger partial charge in [-0.2, -0.15) is 0 Å². The third kappa shape index (κ3) is 4.50. The number of aromatic nitrogens is 1. The normalized spacial score (nSPS) is 14.9. The van der Waals surface area contributed by atoms with E-state index in [1.54, 1.807) is 17.2 Å². The number of esters is 1. The van der Waals surface area contributed by atoms with Crippen molar-refractivity contribution in [3.05, 3.63) is 53.2 Å². The molecule has 1 aromatic heterocycles. The van der Waals surface area contributed by atoms with Gasteiger partial charge in [-0.05, 0) is 62.1 Å². The molecule has 0 radical (unpaired) electrons. The Morgan fingerprint density at radius 2 is 1.89 bits per heavy atom. The number of nitrogens with zero attached hydrogens (tertiary/aromatic N) is 2. The molecular formula is C21H24N2O3S. The predicted octanol–water partition coefficient (Wildman–Crippen LogP) is 3.87. The van der Waals surface area contributed by atoms with Gasteiger partial charge in [0.2, 0.25) is 0 Å². The van der Waals surface area contributed by atoms with E-state index in [1.165, 1.54) is 30.0 Å². The van der Waals surface area contributed by atoms with E-state index in [0.717, 1.165) is 4.90 Å². The number of likely N-dealkylation sites (tertiary alicyclic amines) is 1. The third-order valence-corrected chi connectivity index (χ3v) is 6.02. The number of carbonyl (C=O) groups is 2. The highest BCUT2D eigenvalue weighted by molar-refractivity contribution is 7.99. The molecule has 0 N–H and O–H groups in total. The summed E-state index contributed by atoms with van der Waals surface area (Å²) >= 11 is 1.51. The van der Waals surface area contributed by atoms with Crippen molar-refractivity contribution in [2.24, 2.45) is 5.92 Å². The largest absolute Gasteiger partial charge is 0.469 e. The van der Waals surface area contributed by atoms with Crippen molar-refractivity contribution in [3.8, 4) is 0 Å². The maximum Gasteiger partial charge on any atom is 0.308 e. The molecule has 1 saturated heterocycles. The molecule has 2 aromatic rings. The molecule has 5 nitrogen and oxygen atoms in total. The zero-order chi connectivity index (χ0) is 19.4. The highest BCUT2D eigenvalue weighted by Crippen LogP contribution is 2.31. The van der Waals surface area contributed by atoms with E-state index in [2.05, 4.69) is 37.0 Å². The van der Waals surface area contributed by atoms with Crippen molar-refractivity contribution in [1.82, 2.24) is 9.88 Å². The van der Waals surface area contributed by atoms with Crippen LogP contribution in [0.25, 0.3) is 0 Å². The minimum atomic E-state index is -0.186. The van der Waals surface area contributed by atoms with Gasteiger partial charge in [0.1, 0.15) is 5.03 Å². The first-order valence-corrected chi connectivity index (χ1v) is 9.88. The Kier molecular flexibility index (Phi) is 6.16. The summed E-state index contributed by atoms with van der Waals surface area (Å²) in [5, 5.41) is 0.709. The molecule has 1 amide bonds. The van der Waals surface area contributed by atoms with E-state index in [0.29, 0.717) is 36.5 Å². The summed E-state index contributed by atoms with van der Waals surface area (Å²) in [4.78, 5) is 32.0. The summed E-state index contributed by atoms with van der Waals surface area (Å²) in [5.41, 5.74) is 3.07. The summed E-state index contributed by atoms with van der Waals surface area (Å²) in [7, 11) is 1.41. The van der Waals surface area contributed by atoms with Crippen LogP contribution in [0.2, 0.25) is 0 Å². The molecule has 142 valence electrons. The lowest BCUT2D eigenvalue weighted by molar-refractivity contribution is -0.146. The van der Waals surface area contributed by atoms with Crippen molar-refractivity contribution in [1.29, 1.82) is 0 Å². The van der Waals surface area contributed by atoms with Gasteiger partial charge < -0.3 is 9.64 Å². The fourth-order valence-corrected chi connectivity index (χ4v) is 4.15. The van der Waals surface area contributed by atoms with Gasteiger partial charge in [-0.1, -0.05) is 17.8 Å². The third-order valence-electron chi connectivity index (χ3n) is 5.01. The first kappa shape index (κ1) is 19.4. The minimum absolute atomic E-state index is 0.0299. The van der Waals surface area contributed by atoms with Gasteiger partial charge in [-0.15, -0.1) is 0 Å². The van der Waals surface area contributed by atoms with Crippen molar-refractivity contribution >= 4 is 23.6 Å². The number of ether oxygens (including phenoxy) is 1. The van der Waals surface area contributed by atoms with Crippen LogP contribution in [0.3, 0.4) is 0 Å². The Labute approximate surface area is 164 Å². The summed E-state index contributed by atoms with van der Waals surface area (Å²) in [6.45, 7) is 5.27. The summed E-state index contributed by atoms with van der Waals surface area (Å²) in [6.07, 6.45) is 2.99. The second kappa shape index (κ2) is 8.57. The van der Waals surface area contributed by atoms with Crippen LogP contribution in [-0.2, 0) is 9.53 Å². The van der Waals surface area contributed by atoms with Gasteiger partial charge in [0, 0.05) is 24.2 Å². The highest BCUT2D eigenvalue weighted by atomic mass is 32.2. The molecule has 3 rings (SSSR count). The van der Waals surface area contributed by atoms with Gasteiger partial charge in [0.05, 0.1) is 18.6 Å². The van der Waals surface area contributed by atoms with Crippen LogP contribution in [0.1, 0.15) is 34.3 Å². The Bertz CT molecular complexity index is 845. The molecule has 2 heterocycles. The quantitative estimate of drug-likeness (QED) is 0.749. The molecule has 0 saturated carbocycles. The standard InChI is InChI=1S/C21H24N2O3S/c1-14-6-7-17(13-15(14)2)27-19-18(5-4-10-22-19)20(24)23-11-8-16(9-12-23)21(25)26-3/h4-7,10,13,16H,8-9,11-12H2,1-3H3. The van der Waals surface area contributed by atoms with Crippen molar-refractivity contribution in [3.63, 3.8) is 0 Å². The second-order valence-corrected chi connectivity index (χ2v) is 7.86. The maximum absolute atomic E-state index is 13.0.